The lowest BCUT2D eigenvalue weighted by molar-refractivity contribution is -0.140. The third-order valence-electron chi connectivity index (χ3n) is 5.33. The molecule has 0 aromatic carbocycles. The number of rotatable bonds is 7. The Kier molecular flexibility index (Phi) is 7.94. The number of carbonyl (C=O) groups is 1. The molecule has 1 amide bonds. The van der Waals surface area contributed by atoms with Gasteiger partial charge < -0.3 is 20.0 Å². The molecule has 6 nitrogen and oxygen atoms in total. The van der Waals surface area contributed by atoms with Crippen molar-refractivity contribution in [3.8, 4) is 0 Å². The van der Waals surface area contributed by atoms with Crippen LogP contribution in [0.25, 0.3) is 0 Å². The van der Waals surface area contributed by atoms with E-state index < -0.39 is 0 Å². The van der Waals surface area contributed by atoms with Crippen molar-refractivity contribution < 1.29 is 15.0 Å². The number of β-amino-alcohol motifs (C(OH)–C–C–N with tert-alkyl or cyclic N) is 1. The van der Waals surface area contributed by atoms with Gasteiger partial charge in [0, 0.05) is 51.3 Å². The number of aliphatic hydroxyl groups excluding tert-OH is 2. The lowest BCUT2D eigenvalue weighted by Crippen LogP contribution is -2.57. The van der Waals surface area contributed by atoms with E-state index in [0.29, 0.717) is 18.4 Å². The van der Waals surface area contributed by atoms with E-state index in [9.17, 15) is 9.90 Å². The number of carbonyl (C=O) groups excluding carboxylic acids is 1. The molecule has 0 radical (unpaired) electrons. The summed E-state index contributed by atoms with van der Waals surface area (Å²) in [4.78, 5) is 19.6. The van der Waals surface area contributed by atoms with Crippen molar-refractivity contribution in [2.24, 2.45) is 11.8 Å². The molecule has 2 fully saturated rings. The second kappa shape index (κ2) is 9.70. The van der Waals surface area contributed by atoms with Crippen LogP contribution in [0, 0.1) is 11.8 Å². The molecule has 2 rings (SSSR count). The fraction of sp³-hybridized carbons (Fsp3) is 0.944. The molecule has 24 heavy (non-hydrogen) atoms. The first-order chi connectivity index (χ1) is 11.5. The first-order valence-electron chi connectivity index (χ1n) is 9.52. The monoisotopic (exact) mass is 341 g/mol. The molecule has 2 aliphatic rings. The normalized spacial score (nSPS) is 24.7. The molecule has 140 valence electrons. The Morgan fingerprint density at radius 3 is 2.38 bits per heavy atom. The molecule has 0 saturated carbocycles. The highest BCUT2D eigenvalue weighted by Crippen LogP contribution is 2.22. The topological polar surface area (TPSA) is 67.2 Å². The first-order valence-corrected chi connectivity index (χ1v) is 9.52. The van der Waals surface area contributed by atoms with E-state index >= 15 is 0 Å². The van der Waals surface area contributed by atoms with Gasteiger partial charge in [-0.2, -0.15) is 0 Å². The van der Waals surface area contributed by atoms with Crippen molar-refractivity contribution in [1.82, 2.24) is 14.7 Å². The van der Waals surface area contributed by atoms with Crippen molar-refractivity contribution in [3.63, 3.8) is 0 Å². The maximum atomic E-state index is 12.9. The molecule has 0 spiro atoms. The second-order valence-electron chi connectivity index (χ2n) is 7.68. The number of hydrogen-bond donors (Lipinski definition) is 2. The van der Waals surface area contributed by atoms with Gasteiger partial charge in [0.05, 0.1) is 6.61 Å². The maximum absolute atomic E-state index is 12.9. The molecule has 0 aromatic rings. The number of piperazine rings is 1. The summed E-state index contributed by atoms with van der Waals surface area (Å²) >= 11 is 0. The highest BCUT2D eigenvalue weighted by molar-refractivity contribution is 5.79. The summed E-state index contributed by atoms with van der Waals surface area (Å²) in [5, 5.41) is 18.4. The van der Waals surface area contributed by atoms with Gasteiger partial charge in [-0.15, -0.1) is 0 Å². The molecular weight excluding hydrogens is 306 g/mol. The van der Waals surface area contributed by atoms with Crippen molar-refractivity contribution in [3.05, 3.63) is 0 Å². The Labute approximate surface area is 146 Å². The number of hydrogen-bond acceptors (Lipinski definition) is 5. The van der Waals surface area contributed by atoms with Crippen LogP contribution >= 0.6 is 0 Å². The Morgan fingerprint density at radius 2 is 1.79 bits per heavy atom. The fourth-order valence-corrected chi connectivity index (χ4v) is 4.03. The third-order valence-corrected chi connectivity index (χ3v) is 5.33. The number of amides is 1. The lowest BCUT2D eigenvalue weighted by Gasteiger charge is -2.43. The first kappa shape index (κ1) is 19.6. The van der Waals surface area contributed by atoms with Crippen LogP contribution in [0.4, 0.5) is 0 Å². The van der Waals surface area contributed by atoms with Crippen molar-refractivity contribution in [2.45, 2.75) is 39.2 Å². The van der Waals surface area contributed by atoms with Gasteiger partial charge >= 0.3 is 0 Å². The van der Waals surface area contributed by atoms with Crippen LogP contribution in [-0.4, -0.2) is 95.9 Å². The molecular formula is C18H35N3O3. The van der Waals surface area contributed by atoms with Crippen LogP contribution in [0.15, 0.2) is 0 Å². The maximum Gasteiger partial charge on any atom is 0.225 e. The minimum absolute atomic E-state index is 0.131. The van der Waals surface area contributed by atoms with E-state index in [1.165, 1.54) is 0 Å². The van der Waals surface area contributed by atoms with Gasteiger partial charge in [-0.3, -0.25) is 9.69 Å². The quantitative estimate of drug-likeness (QED) is 0.694. The molecule has 0 aliphatic carbocycles. The zero-order valence-electron chi connectivity index (χ0n) is 15.4. The van der Waals surface area contributed by atoms with Gasteiger partial charge in [0.1, 0.15) is 0 Å². The van der Waals surface area contributed by atoms with E-state index in [2.05, 4.69) is 23.6 Å². The van der Waals surface area contributed by atoms with Crippen molar-refractivity contribution >= 4 is 5.91 Å². The van der Waals surface area contributed by atoms with Crippen LogP contribution in [0.3, 0.4) is 0 Å². The predicted molar refractivity (Wildman–Crippen MR) is 94.7 cm³/mol. The zero-order valence-corrected chi connectivity index (χ0v) is 15.4. The van der Waals surface area contributed by atoms with Gasteiger partial charge in [-0.05, 0) is 38.3 Å². The smallest absolute Gasteiger partial charge is 0.225 e. The molecule has 2 N–H and O–H groups in total. The Hall–Kier alpha value is -0.690. The average molecular weight is 341 g/mol. The van der Waals surface area contributed by atoms with Crippen molar-refractivity contribution in [1.29, 1.82) is 0 Å². The lowest BCUT2D eigenvalue weighted by atomic mass is 9.94. The van der Waals surface area contributed by atoms with Gasteiger partial charge in [0.15, 0.2) is 0 Å². The van der Waals surface area contributed by atoms with Crippen LogP contribution < -0.4 is 0 Å². The SMILES string of the molecule is CC(C)CN1CCN(C(=O)C2CCN(CCO)CC2)CC1CCO. The Balaban J connectivity index is 1.87. The number of piperidine rings is 1. The van der Waals surface area contributed by atoms with Gasteiger partial charge in [0.2, 0.25) is 5.91 Å². The standard InChI is InChI=1S/C18H35N3O3/c1-15(2)13-20-8-9-21(14-17(20)5-11-22)18(24)16-3-6-19(7-4-16)10-12-23/h15-17,22-23H,3-14H2,1-2H3. The average Bonchev–Trinajstić information content (AvgIpc) is 2.56. The Bertz CT molecular complexity index is 384. The fourth-order valence-electron chi connectivity index (χ4n) is 4.03. The molecule has 6 heteroatoms. The predicted octanol–water partition coefficient (Wildman–Crippen LogP) is 0.242. The highest BCUT2D eigenvalue weighted by Gasteiger charge is 2.33. The number of nitrogens with zero attached hydrogens (tertiary/aromatic N) is 3. The number of aliphatic hydroxyl groups is 2. The minimum Gasteiger partial charge on any atom is -0.396 e. The second-order valence-corrected chi connectivity index (χ2v) is 7.68. The number of likely N-dealkylation sites (tertiary alicyclic amines) is 1. The summed E-state index contributed by atoms with van der Waals surface area (Å²) in [6.07, 6.45) is 2.54. The van der Waals surface area contributed by atoms with E-state index in [0.717, 1.165) is 58.5 Å². The van der Waals surface area contributed by atoms with Crippen molar-refractivity contribution in [2.75, 3.05) is 59.0 Å². The molecule has 0 bridgehead atoms. The van der Waals surface area contributed by atoms with Crippen LogP contribution in [-0.2, 0) is 4.79 Å². The zero-order chi connectivity index (χ0) is 17.5. The summed E-state index contributed by atoms with van der Waals surface area (Å²) in [6.45, 7) is 10.8. The molecule has 1 unspecified atom stereocenters. The van der Waals surface area contributed by atoms with Gasteiger partial charge in [-0.25, -0.2) is 0 Å². The van der Waals surface area contributed by atoms with Crippen LogP contribution in [0.2, 0.25) is 0 Å². The largest absolute Gasteiger partial charge is 0.396 e. The van der Waals surface area contributed by atoms with Crippen LogP contribution in [0.5, 0.6) is 0 Å². The minimum atomic E-state index is 0.131. The summed E-state index contributed by atoms with van der Waals surface area (Å²) in [5.41, 5.74) is 0. The van der Waals surface area contributed by atoms with Gasteiger partial charge in [-0.1, -0.05) is 13.8 Å². The van der Waals surface area contributed by atoms with E-state index in [1.807, 2.05) is 4.90 Å². The van der Waals surface area contributed by atoms with E-state index in [1.54, 1.807) is 0 Å². The highest BCUT2D eigenvalue weighted by atomic mass is 16.3. The summed E-state index contributed by atoms with van der Waals surface area (Å²) in [7, 11) is 0. The molecule has 1 atom stereocenters. The molecule has 2 aliphatic heterocycles. The Morgan fingerprint density at radius 1 is 1.08 bits per heavy atom. The summed E-state index contributed by atoms with van der Waals surface area (Å²) in [5.74, 6) is 1.03. The van der Waals surface area contributed by atoms with E-state index in [-0.39, 0.29) is 25.2 Å². The summed E-state index contributed by atoms with van der Waals surface area (Å²) < 4.78 is 0. The van der Waals surface area contributed by atoms with Crippen LogP contribution in [0.1, 0.15) is 33.1 Å². The molecule has 0 aromatic heterocycles. The van der Waals surface area contributed by atoms with E-state index in [4.69, 9.17) is 5.11 Å². The molecule has 2 saturated heterocycles. The van der Waals surface area contributed by atoms with Gasteiger partial charge in [0.25, 0.3) is 0 Å². The third kappa shape index (κ3) is 5.41. The molecule has 2 heterocycles. The summed E-state index contributed by atoms with van der Waals surface area (Å²) in [6, 6.07) is 0.282.